The van der Waals surface area contributed by atoms with Gasteiger partial charge in [-0.3, -0.25) is 29.6 Å². The number of aryl methyl sites for hydroxylation is 2. The van der Waals surface area contributed by atoms with Crippen LogP contribution in [0.3, 0.4) is 0 Å². The highest BCUT2D eigenvalue weighted by molar-refractivity contribution is 9.10. The molecule has 4 N–H and O–H groups in total. The Labute approximate surface area is 391 Å². The Balaban J connectivity index is 0.862. The number of rotatable bonds is 13. The maximum atomic E-state index is 15.0. The van der Waals surface area contributed by atoms with Crippen LogP contribution in [0.5, 0.6) is 5.75 Å². The van der Waals surface area contributed by atoms with Crippen molar-refractivity contribution in [3.63, 3.8) is 0 Å². The molecule has 1 atom stereocenters. The van der Waals surface area contributed by atoms with Crippen LogP contribution in [-0.4, -0.2) is 115 Å². The minimum absolute atomic E-state index is 0.00571. The summed E-state index contributed by atoms with van der Waals surface area (Å²) in [5.41, 5.74) is 5.06. The highest BCUT2D eigenvalue weighted by Crippen LogP contribution is 2.42. The fourth-order valence-corrected chi connectivity index (χ4v) is 11.0. The molecule has 0 aliphatic carbocycles. The topological polar surface area (TPSA) is 174 Å². The van der Waals surface area contributed by atoms with Gasteiger partial charge in [0.2, 0.25) is 23.7 Å². The monoisotopic (exact) mass is 986 g/mol. The van der Waals surface area contributed by atoms with Gasteiger partial charge in [0.05, 0.1) is 40.9 Å². The van der Waals surface area contributed by atoms with Crippen molar-refractivity contribution in [2.45, 2.75) is 57.9 Å². The number of methoxy groups -OCH3 is 1. The maximum absolute atomic E-state index is 15.0. The van der Waals surface area contributed by atoms with Gasteiger partial charge in [-0.1, -0.05) is 13.0 Å². The van der Waals surface area contributed by atoms with Gasteiger partial charge < -0.3 is 35.1 Å². The number of carbonyl (C=O) groups excluding carboxylic acids is 3. The average molecular weight is 988 g/mol. The third kappa shape index (κ3) is 10.2. The summed E-state index contributed by atoms with van der Waals surface area (Å²) in [5, 5.41) is 13.3. The van der Waals surface area contributed by atoms with Gasteiger partial charge in [-0.15, -0.1) is 0 Å². The van der Waals surface area contributed by atoms with Gasteiger partial charge in [0.1, 0.15) is 30.3 Å². The molecular formula is C47H54BrF2N10O5P. The number of ether oxygens (including phenoxy) is 1. The quantitative estimate of drug-likeness (QED) is 0.0679. The summed E-state index contributed by atoms with van der Waals surface area (Å²) in [6, 6.07) is 14.4. The molecule has 5 heterocycles. The van der Waals surface area contributed by atoms with Crippen molar-refractivity contribution in [1.82, 2.24) is 30.1 Å². The number of aromatic nitrogens is 3. The van der Waals surface area contributed by atoms with E-state index in [1.165, 1.54) is 0 Å². The first-order chi connectivity index (χ1) is 31.6. The van der Waals surface area contributed by atoms with Gasteiger partial charge in [0.15, 0.2) is 0 Å². The lowest BCUT2D eigenvalue weighted by atomic mass is 9.89. The molecule has 0 spiro atoms. The molecule has 66 heavy (non-hydrogen) atoms. The first kappa shape index (κ1) is 46.8. The minimum Gasteiger partial charge on any atom is -0.494 e. The van der Waals surface area contributed by atoms with Crippen LogP contribution in [0.15, 0.2) is 59.2 Å². The lowest BCUT2D eigenvalue weighted by Gasteiger charge is -2.43. The normalized spacial score (nSPS) is 17.5. The predicted molar refractivity (Wildman–Crippen MR) is 258 cm³/mol. The Morgan fingerprint density at radius 3 is 2.33 bits per heavy atom. The molecule has 348 valence electrons. The van der Waals surface area contributed by atoms with Crippen LogP contribution in [0, 0.1) is 18.6 Å². The number of hydrogen-bond donors (Lipinski definition) is 4. The number of hydrogen-bond acceptors (Lipinski definition) is 13. The smallest absolute Gasteiger partial charge is 0.241 e. The zero-order valence-electron chi connectivity index (χ0n) is 37.6. The second-order valence-corrected chi connectivity index (χ2v) is 21.4. The van der Waals surface area contributed by atoms with E-state index in [0.717, 1.165) is 91.1 Å². The van der Waals surface area contributed by atoms with Gasteiger partial charge in [-0.25, -0.2) is 13.8 Å². The van der Waals surface area contributed by atoms with Crippen LogP contribution in [0.4, 0.5) is 43.3 Å². The van der Waals surface area contributed by atoms with E-state index >= 15 is 8.78 Å². The second kappa shape index (κ2) is 19.6. The molecule has 2 aromatic heterocycles. The van der Waals surface area contributed by atoms with Gasteiger partial charge in [0.25, 0.3) is 0 Å². The fraction of sp³-hybridized carbons (Fsp3) is 0.404. The molecule has 3 aromatic carbocycles. The van der Waals surface area contributed by atoms with Gasteiger partial charge >= 0.3 is 0 Å². The Morgan fingerprint density at radius 1 is 0.939 bits per heavy atom. The van der Waals surface area contributed by atoms with Crippen LogP contribution in [0.1, 0.15) is 55.3 Å². The fourth-order valence-electron chi connectivity index (χ4n) is 9.28. The number of amides is 3. The van der Waals surface area contributed by atoms with Crippen molar-refractivity contribution >= 4 is 91.5 Å². The molecule has 3 aliphatic rings. The predicted octanol–water partition coefficient (Wildman–Crippen LogP) is 7.43. The molecule has 0 radical (unpaired) electrons. The third-order valence-electron chi connectivity index (χ3n) is 12.6. The zero-order chi connectivity index (χ0) is 46.9. The number of nitrogens with zero attached hydrogens (tertiary/aromatic N) is 6. The number of fused-ring (bicyclic) bond motifs is 1. The molecule has 3 fully saturated rings. The molecule has 8 rings (SSSR count). The summed E-state index contributed by atoms with van der Waals surface area (Å²) < 4.78 is 50.2. The number of halogens is 3. The maximum Gasteiger partial charge on any atom is 0.241 e. The standard InChI is InChI=1S/C47H54BrF2N10O5P/c1-6-28-21-38(55-47-52-25-33(48)45(57-47)54-37-11-10-36-31(8-7-27(2)53-36)44(37)66(4,5)64)40(65-3)24-39(28)59-15-13-30(14-16-59)58-17-19-60(20-18-58)42(62)26-51-29-22-34(49)43(35(50)23-29)32-9-12-41(61)56-46(32)63/h7-8,10-11,21-25,30,32,51H,6,9,12-20,26H2,1-5H3,(H,56,61,63)(H2,52,54,55,57). The van der Waals surface area contributed by atoms with Crippen LogP contribution in [0.25, 0.3) is 10.9 Å². The summed E-state index contributed by atoms with van der Waals surface area (Å²) >= 11 is 3.60. The summed E-state index contributed by atoms with van der Waals surface area (Å²) in [6.45, 7) is 11.7. The van der Waals surface area contributed by atoms with Crippen molar-refractivity contribution in [1.29, 1.82) is 0 Å². The molecule has 19 heteroatoms. The third-order valence-corrected chi connectivity index (χ3v) is 14.8. The minimum atomic E-state index is -2.75. The van der Waals surface area contributed by atoms with Gasteiger partial charge in [0, 0.05) is 97.3 Å². The van der Waals surface area contributed by atoms with E-state index in [4.69, 9.17) is 9.72 Å². The Bertz CT molecular complexity index is 2720. The summed E-state index contributed by atoms with van der Waals surface area (Å²) in [7, 11) is -1.11. The number of pyridine rings is 1. The van der Waals surface area contributed by atoms with E-state index < -0.39 is 36.5 Å². The molecule has 15 nitrogen and oxygen atoms in total. The lowest BCUT2D eigenvalue weighted by molar-refractivity contribution is -0.134. The van der Waals surface area contributed by atoms with Gasteiger partial charge in [-0.05, 0) is 104 Å². The molecule has 1 unspecified atom stereocenters. The number of piperazine rings is 1. The van der Waals surface area contributed by atoms with Gasteiger partial charge in [-0.2, -0.15) is 4.98 Å². The summed E-state index contributed by atoms with van der Waals surface area (Å²) in [5.74, 6) is -2.74. The summed E-state index contributed by atoms with van der Waals surface area (Å²) in [6.07, 6.45) is 4.40. The van der Waals surface area contributed by atoms with E-state index in [1.807, 2.05) is 31.2 Å². The number of anilines is 6. The van der Waals surface area contributed by atoms with Crippen molar-refractivity contribution in [2.75, 3.05) is 87.1 Å². The molecule has 3 saturated heterocycles. The molecule has 3 aliphatic heterocycles. The van der Waals surface area contributed by atoms with Crippen LogP contribution in [-0.2, 0) is 25.4 Å². The molecule has 3 amide bonds. The second-order valence-electron chi connectivity index (χ2n) is 17.4. The van der Waals surface area contributed by atoms with E-state index in [1.54, 1.807) is 31.5 Å². The Hall–Kier alpha value is -5.71. The Kier molecular flexibility index (Phi) is 13.9. The number of piperidine rings is 2. The highest BCUT2D eigenvalue weighted by Gasteiger charge is 2.34. The summed E-state index contributed by atoms with van der Waals surface area (Å²) in [4.78, 5) is 57.5. The van der Waals surface area contributed by atoms with E-state index in [0.29, 0.717) is 52.1 Å². The van der Waals surface area contributed by atoms with Crippen molar-refractivity contribution in [3.05, 3.63) is 87.7 Å². The molecule has 0 bridgehead atoms. The Morgan fingerprint density at radius 2 is 1.67 bits per heavy atom. The van der Waals surface area contributed by atoms with Crippen molar-refractivity contribution in [2.24, 2.45) is 0 Å². The molecule has 5 aromatic rings. The zero-order valence-corrected chi connectivity index (χ0v) is 40.1. The van der Waals surface area contributed by atoms with E-state index in [-0.39, 0.29) is 36.5 Å². The van der Waals surface area contributed by atoms with Crippen LogP contribution in [0.2, 0.25) is 0 Å². The lowest BCUT2D eigenvalue weighted by Crippen LogP contribution is -2.55. The largest absolute Gasteiger partial charge is 0.494 e. The number of carbonyl (C=O) groups is 3. The van der Waals surface area contributed by atoms with Crippen LogP contribution < -0.4 is 36.2 Å². The van der Waals surface area contributed by atoms with Crippen LogP contribution >= 0.6 is 23.1 Å². The number of nitrogens with one attached hydrogen (secondary N) is 4. The first-order valence-electron chi connectivity index (χ1n) is 22.2. The first-order valence-corrected chi connectivity index (χ1v) is 25.6. The van der Waals surface area contributed by atoms with Crippen molar-refractivity contribution < 1.29 is 32.5 Å². The van der Waals surface area contributed by atoms with Crippen molar-refractivity contribution in [3.8, 4) is 5.75 Å². The SMILES string of the molecule is CCc1cc(Nc2ncc(Br)c(Nc3ccc4nc(C)ccc4c3P(C)(C)=O)n2)c(OC)cc1N1CCC(N2CCN(C(=O)CNc3cc(F)c(C4CCC(=O)NC4=O)c(F)c3)CC2)CC1. The highest BCUT2D eigenvalue weighted by atomic mass is 79.9. The number of benzene rings is 3. The average Bonchev–Trinajstić information content (AvgIpc) is 3.29. The molecule has 0 saturated carbocycles. The van der Waals surface area contributed by atoms with E-state index in [2.05, 4.69) is 76.0 Å². The van der Waals surface area contributed by atoms with E-state index in [9.17, 15) is 18.9 Å². The number of imide groups is 1. The molecular weight excluding hydrogens is 933 g/mol.